The molecule has 0 heterocycles. The van der Waals surface area contributed by atoms with Gasteiger partial charge in [-0.25, -0.2) is 0 Å². The molecule has 4 nitrogen and oxygen atoms in total. The van der Waals surface area contributed by atoms with Crippen molar-refractivity contribution in [1.82, 2.24) is 5.32 Å². The molecule has 1 fully saturated rings. The van der Waals surface area contributed by atoms with Crippen LogP contribution in [0.25, 0.3) is 0 Å². The monoisotopic (exact) mass is 289 g/mol. The highest BCUT2D eigenvalue weighted by Crippen LogP contribution is 2.28. The van der Waals surface area contributed by atoms with E-state index in [4.69, 9.17) is 0 Å². The van der Waals surface area contributed by atoms with E-state index < -0.39 is 5.60 Å². The van der Waals surface area contributed by atoms with Crippen LogP contribution in [0.1, 0.15) is 55.8 Å². The van der Waals surface area contributed by atoms with Crippen molar-refractivity contribution in [1.29, 1.82) is 0 Å². The number of nitrogens with one attached hydrogen (secondary N) is 1. The fourth-order valence-electron chi connectivity index (χ4n) is 2.79. The van der Waals surface area contributed by atoms with Crippen molar-refractivity contribution < 1.29 is 14.7 Å². The molecule has 0 radical (unpaired) electrons. The Morgan fingerprint density at radius 3 is 2.43 bits per heavy atom. The third-order valence-corrected chi connectivity index (χ3v) is 4.07. The van der Waals surface area contributed by atoms with Crippen LogP contribution in [0.5, 0.6) is 0 Å². The van der Waals surface area contributed by atoms with Gasteiger partial charge < -0.3 is 10.4 Å². The fraction of sp³-hybridized carbons (Fsp3) is 0.529. The van der Waals surface area contributed by atoms with Crippen molar-refractivity contribution in [3.63, 3.8) is 0 Å². The van der Waals surface area contributed by atoms with Crippen molar-refractivity contribution in [2.45, 2.75) is 57.1 Å². The first-order valence-corrected chi connectivity index (χ1v) is 7.63. The quantitative estimate of drug-likeness (QED) is 0.818. The number of rotatable bonds is 5. The molecule has 1 aromatic carbocycles. The first-order chi connectivity index (χ1) is 10.0. The number of carbonyl (C=O) groups excluding carboxylic acids is 2. The Hall–Kier alpha value is -1.68. The molecule has 1 aromatic rings. The van der Waals surface area contributed by atoms with E-state index in [1.54, 1.807) is 19.1 Å². The Labute approximate surface area is 125 Å². The Bertz CT molecular complexity index is 492. The van der Waals surface area contributed by atoms with Crippen molar-refractivity contribution in [2.75, 3.05) is 0 Å². The van der Waals surface area contributed by atoms with Gasteiger partial charge >= 0.3 is 0 Å². The molecule has 4 heteroatoms. The molecule has 1 aliphatic carbocycles. The van der Waals surface area contributed by atoms with Crippen LogP contribution in [0, 0.1) is 0 Å². The van der Waals surface area contributed by atoms with E-state index in [0.29, 0.717) is 18.4 Å². The minimum Gasteiger partial charge on any atom is -0.380 e. The molecule has 0 aliphatic heterocycles. The summed E-state index contributed by atoms with van der Waals surface area (Å²) in [6, 6.07) is 8.76. The van der Waals surface area contributed by atoms with Gasteiger partial charge in [0.15, 0.2) is 5.78 Å². The topological polar surface area (TPSA) is 66.4 Å². The molecule has 21 heavy (non-hydrogen) atoms. The van der Waals surface area contributed by atoms with Gasteiger partial charge in [0.05, 0.1) is 0 Å². The minimum atomic E-state index is -1.25. The normalized spacial score (nSPS) is 18.8. The van der Waals surface area contributed by atoms with Gasteiger partial charge in [0.25, 0.3) is 5.91 Å². The highest BCUT2D eigenvalue weighted by atomic mass is 16.3. The number of hydrogen-bond acceptors (Lipinski definition) is 3. The third kappa shape index (κ3) is 4.14. The second kappa shape index (κ2) is 6.85. The second-order valence-electron chi connectivity index (χ2n) is 5.96. The van der Waals surface area contributed by atoms with Crippen LogP contribution in [-0.4, -0.2) is 28.4 Å². The van der Waals surface area contributed by atoms with Gasteiger partial charge in [0, 0.05) is 18.0 Å². The van der Waals surface area contributed by atoms with E-state index in [-0.39, 0.29) is 24.2 Å². The van der Waals surface area contributed by atoms with Gasteiger partial charge in [-0.3, -0.25) is 9.59 Å². The lowest BCUT2D eigenvalue weighted by Gasteiger charge is -2.31. The lowest BCUT2D eigenvalue weighted by molar-refractivity contribution is -0.143. The van der Waals surface area contributed by atoms with E-state index in [9.17, 15) is 14.7 Å². The second-order valence-corrected chi connectivity index (χ2v) is 5.96. The summed E-state index contributed by atoms with van der Waals surface area (Å²) in [6.45, 7) is 1.80. The predicted octanol–water partition coefficient (Wildman–Crippen LogP) is 2.46. The zero-order valence-electron chi connectivity index (χ0n) is 12.5. The summed E-state index contributed by atoms with van der Waals surface area (Å²) in [5, 5.41) is 13.1. The zero-order valence-corrected chi connectivity index (χ0v) is 12.5. The summed E-state index contributed by atoms with van der Waals surface area (Å²) in [6.07, 6.45) is 4.09. The zero-order chi connectivity index (χ0) is 15.3. The van der Waals surface area contributed by atoms with Crippen molar-refractivity contribution in [2.24, 2.45) is 0 Å². The van der Waals surface area contributed by atoms with E-state index in [1.807, 2.05) is 18.2 Å². The van der Waals surface area contributed by atoms with Gasteiger partial charge in [-0.15, -0.1) is 0 Å². The lowest BCUT2D eigenvalue weighted by Crippen LogP contribution is -2.50. The minimum absolute atomic E-state index is 0.000894. The number of amides is 1. The number of aliphatic hydroxyl groups is 1. The molecule has 1 amide bonds. The summed E-state index contributed by atoms with van der Waals surface area (Å²) < 4.78 is 0. The summed E-state index contributed by atoms with van der Waals surface area (Å²) in [4.78, 5) is 24.3. The molecule has 2 rings (SSSR count). The maximum atomic E-state index is 12.2. The summed E-state index contributed by atoms with van der Waals surface area (Å²) in [7, 11) is 0. The molecule has 1 unspecified atom stereocenters. The molecule has 0 bridgehead atoms. The van der Waals surface area contributed by atoms with E-state index >= 15 is 0 Å². The number of hydrogen-bond donors (Lipinski definition) is 2. The maximum absolute atomic E-state index is 12.2. The molecule has 1 atom stereocenters. The highest BCUT2D eigenvalue weighted by Gasteiger charge is 2.37. The molecule has 1 saturated carbocycles. The van der Waals surface area contributed by atoms with E-state index in [1.165, 1.54) is 0 Å². The largest absolute Gasteiger partial charge is 0.380 e. The fourth-order valence-corrected chi connectivity index (χ4v) is 2.79. The van der Waals surface area contributed by atoms with Gasteiger partial charge in [-0.2, -0.15) is 0 Å². The average Bonchev–Trinajstić information content (AvgIpc) is 2.48. The smallest absolute Gasteiger partial charge is 0.252 e. The van der Waals surface area contributed by atoms with Crippen molar-refractivity contribution >= 4 is 11.7 Å². The Morgan fingerprint density at radius 2 is 1.81 bits per heavy atom. The number of Topliss-reactive ketones (excluding diaryl/α,β-unsaturated/α-hetero) is 1. The Morgan fingerprint density at radius 1 is 1.19 bits per heavy atom. The SMILES string of the molecule is CC(CC(=O)c1ccccc1)NC(=O)C1(O)CCCCC1. The third-order valence-electron chi connectivity index (χ3n) is 4.07. The summed E-state index contributed by atoms with van der Waals surface area (Å²) in [5.41, 5.74) is -0.600. The molecule has 0 spiro atoms. The van der Waals surface area contributed by atoms with Gasteiger partial charge in [0.2, 0.25) is 0 Å². The number of ketones is 1. The maximum Gasteiger partial charge on any atom is 0.252 e. The van der Waals surface area contributed by atoms with Crippen LogP contribution in [0.2, 0.25) is 0 Å². The Balaban J connectivity index is 1.88. The van der Waals surface area contributed by atoms with Crippen molar-refractivity contribution in [3.8, 4) is 0 Å². The van der Waals surface area contributed by atoms with Gasteiger partial charge in [0.1, 0.15) is 5.60 Å². The molecule has 0 saturated heterocycles. The highest BCUT2D eigenvalue weighted by molar-refractivity contribution is 5.96. The van der Waals surface area contributed by atoms with Crippen LogP contribution < -0.4 is 5.32 Å². The van der Waals surface area contributed by atoms with Crippen LogP contribution >= 0.6 is 0 Å². The first kappa shape index (κ1) is 15.7. The number of benzene rings is 1. The van der Waals surface area contributed by atoms with E-state index in [2.05, 4.69) is 5.32 Å². The summed E-state index contributed by atoms with van der Waals surface area (Å²) in [5.74, 6) is -0.338. The van der Waals surface area contributed by atoms with Crippen LogP contribution in [-0.2, 0) is 4.79 Å². The van der Waals surface area contributed by atoms with E-state index in [0.717, 1.165) is 19.3 Å². The first-order valence-electron chi connectivity index (χ1n) is 7.63. The molecular weight excluding hydrogens is 266 g/mol. The number of carbonyl (C=O) groups is 2. The molecule has 114 valence electrons. The van der Waals surface area contributed by atoms with Gasteiger partial charge in [-0.05, 0) is 19.8 Å². The predicted molar refractivity (Wildman–Crippen MR) is 81.0 cm³/mol. The summed E-state index contributed by atoms with van der Waals surface area (Å²) >= 11 is 0. The molecule has 2 N–H and O–H groups in total. The van der Waals surface area contributed by atoms with Crippen LogP contribution in [0.15, 0.2) is 30.3 Å². The van der Waals surface area contributed by atoms with Crippen LogP contribution in [0.4, 0.5) is 0 Å². The van der Waals surface area contributed by atoms with Crippen molar-refractivity contribution in [3.05, 3.63) is 35.9 Å². The lowest BCUT2D eigenvalue weighted by atomic mass is 9.84. The molecule has 0 aromatic heterocycles. The standard InChI is InChI=1S/C17H23NO3/c1-13(12-15(19)14-8-4-2-5-9-14)18-16(20)17(21)10-6-3-7-11-17/h2,4-5,8-9,13,21H,3,6-7,10-12H2,1H3,(H,18,20). The van der Waals surface area contributed by atoms with Crippen LogP contribution in [0.3, 0.4) is 0 Å². The average molecular weight is 289 g/mol. The molecule has 1 aliphatic rings. The Kier molecular flexibility index (Phi) is 5.12. The molecular formula is C17H23NO3. The van der Waals surface area contributed by atoms with Gasteiger partial charge in [-0.1, -0.05) is 49.6 Å².